The Hall–Kier alpha value is -1.62. The van der Waals surface area contributed by atoms with E-state index in [1.165, 1.54) is 11.3 Å². The highest BCUT2D eigenvalue weighted by atomic mass is 32.1. The monoisotopic (exact) mass is 236 g/mol. The lowest BCUT2D eigenvalue weighted by Gasteiger charge is -2.02. The van der Waals surface area contributed by atoms with E-state index in [-0.39, 0.29) is 0 Å². The van der Waals surface area contributed by atoms with E-state index in [1.54, 1.807) is 4.40 Å². The first-order valence-corrected chi connectivity index (χ1v) is 5.78. The number of nitrogens with zero attached hydrogens (tertiary/aromatic N) is 2. The Balaban J connectivity index is 2.19. The second-order valence-corrected chi connectivity index (χ2v) is 4.40. The van der Waals surface area contributed by atoms with Gasteiger partial charge < -0.3 is 4.74 Å². The summed E-state index contributed by atoms with van der Waals surface area (Å²) in [7, 11) is 0. The highest BCUT2D eigenvalue weighted by Crippen LogP contribution is 2.21. The molecular formula is C11H12N2O2S. The number of thiazole rings is 1. The normalized spacial score (nSPS) is 10.6. The molecule has 0 amide bonds. The lowest BCUT2D eigenvalue weighted by molar-refractivity contribution is 0.111. The van der Waals surface area contributed by atoms with Crippen LogP contribution in [0.5, 0.6) is 5.88 Å². The van der Waals surface area contributed by atoms with Crippen molar-refractivity contribution in [3.8, 4) is 5.88 Å². The fourth-order valence-electron chi connectivity index (χ4n) is 1.32. The molecule has 0 radical (unpaired) electrons. The van der Waals surface area contributed by atoms with Gasteiger partial charge in [0, 0.05) is 18.0 Å². The number of ether oxygens (including phenoxy) is 1. The lowest BCUT2D eigenvalue weighted by Crippen LogP contribution is -2.00. The zero-order valence-electron chi connectivity index (χ0n) is 8.97. The fraction of sp³-hybridized carbons (Fsp3) is 0.273. The minimum absolute atomic E-state index is 0.406. The standard InChI is InChI=1S/C11H12N2O2S/c1-8(2)3-5-15-10-9(7-14)13-4-6-16-11(13)12-10/h4,6-7H,1,3,5H2,2H3. The lowest BCUT2D eigenvalue weighted by atomic mass is 10.3. The van der Waals surface area contributed by atoms with Crippen LogP contribution in [0.1, 0.15) is 23.8 Å². The summed E-state index contributed by atoms with van der Waals surface area (Å²) in [5.74, 6) is 0.406. The van der Waals surface area contributed by atoms with Gasteiger partial charge in [0.15, 0.2) is 16.9 Å². The predicted molar refractivity (Wildman–Crippen MR) is 63.4 cm³/mol. The summed E-state index contributed by atoms with van der Waals surface area (Å²) in [6.45, 7) is 6.23. The maximum absolute atomic E-state index is 10.9. The molecule has 0 unspecified atom stereocenters. The molecule has 2 aromatic heterocycles. The van der Waals surface area contributed by atoms with Crippen LogP contribution in [-0.4, -0.2) is 22.3 Å². The molecule has 84 valence electrons. The molecule has 4 nitrogen and oxygen atoms in total. The second kappa shape index (κ2) is 4.49. The third kappa shape index (κ3) is 1.99. The maximum atomic E-state index is 10.9. The molecule has 2 aromatic rings. The number of imidazole rings is 1. The first kappa shape index (κ1) is 10.9. The van der Waals surface area contributed by atoms with Crippen LogP contribution in [-0.2, 0) is 0 Å². The van der Waals surface area contributed by atoms with Gasteiger partial charge in [-0.2, -0.15) is 4.98 Å². The molecule has 0 saturated heterocycles. The van der Waals surface area contributed by atoms with Gasteiger partial charge >= 0.3 is 0 Å². The Labute approximate surface area is 97.2 Å². The summed E-state index contributed by atoms with van der Waals surface area (Å²) >= 11 is 1.47. The Morgan fingerprint density at radius 1 is 1.75 bits per heavy atom. The Morgan fingerprint density at radius 3 is 3.25 bits per heavy atom. The molecule has 16 heavy (non-hydrogen) atoms. The molecular weight excluding hydrogens is 224 g/mol. The summed E-state index contributed by atoms with van der Waals surface area (Å²) in [5.41, 5.74) is 1.52. The topological polar surface area (TPSA) is 43.6 Å². The molecule has 2 rings (SSSR count). The van der Waals surface area contributed by atoms with Gasteiger partial charge in [0.05, 0.1) is 6.61 Å². The van der Waals surface area contributed by atoms with Crippen LogP contribution >= 0.6 is 11.3 Å². The Morgan fingerprint density at radius 2 is 2.56 bits per heavy atom. The van der Waals surface area contributed by atoms with E-state index in [4.69, 9.17) is 4.74 Å². The van der Waals surface area contributed by atoms with Crippen molar-refractivity contribution in [1.29, 1.82) is 0 Å². The Kier molecular flexibility index (Phi) is 3.05. The molecule has 0 spiro atoms. The number of fused-ring (bicyclic) bond motifs is 1. The van der Waals surface area contributed by atoms with Crippen LogP contribution in [0.2, 0.25) is 0 Å². The van der Waals surface area contributed by atoms with Crippen LogP contribution in [0.25, 0.3) is 4.96 Å². The average Bonchev–Trinajstić information content (AvgIpc) is 2.76. The van der Waals surface area contributed by atoms with Crippen molar-refractivity contribution >= 4 is 22.6 Å². The van der Waals surface area contributed by atoms with Crippen LogP contribution < -0.4 is 4.74 Å². The van der Waals surface area contributed by atoms with E-state index in [9.17, 15) is 4.79 Å². The van der Waals surface area contributed by atoms with Crippen molar-refractivity contribution in [1.82, 2.24) is 9.38 Å². The number of rotatable bonds is 5. The van der Waals surface area contributed by atoms with E-state index in [2.05, 4.69) is 11.6 Å². The molecule has 0 aliphatic rings. The summed E-state index contributed by atoms with van der Waals surface area (Å²) < 4.78 is 7.19. The van der Waals surface area contributed by atoms with Gasteiger partial charge in [-0.25, -0.2) is 0 Å². The van der Waals surface area contributed by atoms with E-state index in [0.717, 1.165) is 23.2 Å². The average molecular weight is 236 g/mol. The number of hydrogen-bond acceptors (Lipinski definition) is 4. The Bertz CT molecular complexity index is 527. The summed E-state index contributed by atoms with van der Waals surface area (Å²) in [5, 5.41) is 1.88. The van der Waals surface area contributed by atoms with Crippen LogP contribution in [0.4, 0.5) is 0 Å². The van der Waals surface area contributed by atoms with E-state index < -0.39 is 0 Å². The van der Waals surface area contributed by atoms with Gasteiger partial charge in [-0.3, -0.25) is 9.20 Å². The number of aromatic nitrogens is 2. The quantitative estimate of drug-likeness (QED) is 0.592. The van der Waals surface area contributed by atoms with Gasteiger partial charge in [-0.15, -0.1) is 17.9 Å². The van der Waals surface area contributed by atoms with Crippen molar-refractivity contribution in [2.75, 3.05) is 6.61 Å². The van der Waals surface area contributed by atoms with Crippen molar-refractivity contribution in [3.05, 3.63) is 29.4 Å². The van der Waals surface area contributed by atoms with Gasteiger partial charge in [-0.1, -0.05) is 5.57 Å². The third-order valence-corrected chi connectivity index (χ3v) is 2.90. The predicted octanol–water partition coefficient (Wildman–Crippen LogP) is 2.55. The number of carbonyl (C=O) groups is 1. The smallest absolute Gasteiger partial charge is 0.244 e. The maximum Gasteiger partial charge on any atom is 0.244 e. The zero-order chi connectivity index (χ0) is 11.5. The molecule has 2 heterocycles. The molecule has 0 fully saturated rings. The minimum Gasteiger partial charge on any atom is -0.476 e. The van der Waals surface area contributed by atoms with Crippen molar-refractivity contribution in [2.24, 2.45) is 0 Å². The minimum atomic E-state index is 0.406. The van der Waals surface area contributed by atoms with E-state index >= 15 is 0 Å². The van der Waals surface area contributed by atoms with E-state index in [1.807, 2.05) is 18.5 Å². The molecule has 0 aliphatic carbocycles. The first-order chi connectivity index (χ1) is 7.72. The number of aldehydes is 1. The van der Waals surface area contributed by atoms with Crippen molar-refractivity contribution in [3.63, 3.8) is 0 Å². The largest absolute Gasteiger partial charge is 0.476 e. The molecule has 0 saturated carbocycles. The zero-order valence-corrected chi connectivity index (χ0v) is 9.79. The van der Waals surface area contributed by atoms with Gasteiger partial charge in [-0.05, 0) is 6.92 Å². The van der Waals surface area contributed by atoms with Gasteiger partial charge in [0.25, 0.3) is 0 Å². The molecule has 0 bridgehead atoms. The van der Waals surface area contributed by atoms with Crippen LogP contribution in [0.3, 0.4) is 0 Å². The highest BCUT2D eigenvalue weighted by Gasteiger charge is 2.13. The molecule has 0 aliphatic heterocycles. The summed E-state index contributed by atoms with van der Waals surface area (Å²) in [6, 6.07) is 0. The highest BCUT2D eigenvalue weighted by molar-refractivity contribution is 7.15. The summed E-state index contributed by atoms with van der Waals surface area (Å²) in [6.07, 6.45) is 3.34. The second-order valence-electron chi connectivity index (χ2n) is 3.53. The third-order valence-electron chi connectivity index (χ3n) is 2.14. The summed E-state index contributed by atoms with van der Waals surface area (Å²) in [4.78, 5) is 16.0. The number of hydrogen-bond donors (Lipinski definition) is 0. The van der Waals surface area contributed by atoms with Crippen molar-refractivity contribution < 1.29 is 9.53 Å². The van der Waals surface area contributed by atoms with Crippen LogP contribution in [0, 0.1) is 0 Å². The fourth-order valence-corrected chi connectivity index (χ4v) is 2.03. The van der Waals surface area contributed by atoms with E-state index in [0.29, 0.717) is 18.2 Å². The number of carbonyl (C=O) groups excluding carboxylic acids is 1. The van der Waals surface area contributed by atoms with Crippen molar-refractivity contribution in [2.45, 2.75) is 13.3 Å². The molecule has 0 aromatic carbocycles. The SMILES string of the molecule is C=C(C)CCOc1nc2sccn2c1C=O. The molecule has 0 atom stereocenters. The molecule has 5 heteroatoms. The first-order valence-electron chi connectivity index (χ1n) is 4.90. The molecule has 0 N–H and O–H groups in total. The van der Waals surface area contributed by atoms with Gasteiger partial charge in [0.1, 0.15) is 0 Å². The van der Waals surface area contributed by atoms with Gasteiger partial charge in [0.2, 0.25) is 5.88 Å². The van der Waals surface area contributed by atoms with Crippen LogP contribution in [0.15, 0.2) is 23.7 Å².